The van der Waals surface area contributed by atoms with Crippen LogP contribution in [-0.4, -0.2) is 37.6 Å². The van der Waals surface area contributed by atoms with Crippen LogP contribution < -0.4 is 0 Å². The summed E-state index contributed by atoms with van der Waals surface area (Å²) in [6.07, 6.45) is 2.11. The molecular weight excluding hydrogens is 294 g/mol. The van der Waals surface area contributed by atoms with Gasteiger partial charge in [-0.3, -0.25) is 4.79 Å². The van der Waals surface area contributed by atoms with Crippen molar-refractivity contribution in [1.82, 2.24) is 25.2 Å². The van der Waals surface area contributed by atoms with Gasteiger partial charge in [0.1, 0.15) is 17.2 Å². The van der Waals surface area contributed by atoms with Crippen molar-refractivity contribution in [2.75, 3.05) is 6.54 Å². The highest BCUT2D eigenvalue weighted by Gasteiger charge is 2.32. The van der Waals surface area contributed by atoms with Crippen LogP contribution in [0.25, 0.3) is 11.0 Å². The van der Waals surface area contributed by atoms with Gasteiger partial charge in [-0.25, -0.2) is 9.61 Å². The number of carbonyl (C=O) groups is 1. The average molecular weight is 311 g/mol. The van der Waals surface area contributed by atoms with Crippen molar-refractivity contribution in [2.45, 2.75) is 32.2 Å². The van der Waals surface area contributed by atoms with Gasteiger partial charge in [0.25, 0.3) is 0 Å². The third-order valence-corrected chi connectivity index (χ3v) is 4.36. The maximum Gasteiger partial charge on any atom is 0.229 e. The van der Waals surface area contributed by atoms with Crippen molar-refractivity contribution in [1.29, 1.82) is 0 Å². The van der Waals surface area contributed by atoms with E-state index in [1.54, 1.807) is 6.92 Å². The lowest BCUT2D eigenvalue weighted by Gasteiger charge is -2.22. The average Bonchev–Trinajstić information content (AvgIpc) is 3.26. The number of hydrogen-bond acceptors (Lipinski definition) is 5. The molecule has 0 aliphatic carbocycles. The Bertz CT molecular complexity index is 820. The molecule has 1 N–H and O–H groups in total. The molecule has 4 rings (SSSR count). The predicted molar refractivity (Wildman–Crippen MR) is 82.5 cm³/mol. The molecule has 23 heavy (non-hydrogen) atoms. The maximum absolute atomic E-state index is 12.6. The minimum atomic E-state index is -0.00457. The molecule has 0 bridgehead atoms. The first kappa shape index (κ1) is 13.9. The van der Waals surface area contributed by atoms with Gasteiger partial charge in [-0.1, -0.05) is 22.4 Å². The number of imidazole rings is 1. The summed E-state index contributed by atoms with van der Waals surface area (Å²) >= 11 is 0. The predicted octanol–water partition coefficient (Wildman–Crippen LogP) is 2.16. The number of aromatic amines is 1. The Morgan fingerprint density at radius 3 is 3.04 bits per heavy atom. The van der Waals surface area contributed by atoms with Gasteiger partial charge in [0.15, 0.2) is 0 Å². The fourth-order valence-corrected chi connectivity index (χ4v) is 3.13. The Balaban J connectivity index is 1.58. The number of likely N-dealkylation sites (tertiary alicyclic amines) is 1. The highest BCUT2D eigenvalue weighted by molar-refractivity contribution is 5.79. The molecule has 3 heterocycles. The summed E-state index contributed by atoms with van der Waals surface area (Å²) in [5.41, 5.74) is 3.19. The van der Waals surface area contributed by atoms with Crippen molar-refractivity contribution in [3.8, 4) is 0 Å². The quantitative estimate of drug-likeness (QED) is 0.801. The third-order valence-electron chi connectivity index (χ3n) is 4.36. The van der Waals surface area contributed by atoms with E-state index in [0.717, 1.165) is 36.2 Å². The van der Waals surface area contributed by atoms with Crippen LogP contribution >= 0.6 is 0 Å². The van der Waals surface area contributed by atoms with Gasteiger partial charge in [0.2, 0.25) is 5.91 Å². The Morgan fingerprint density at radius 1 is 1.39 bits per heavy atom. The molecule has 1 atom stereocenters. The van der Waals surface area contributed by atoms with Crippen molar-refractivity contribution >= 4 is 16.9 Å². The zero-order valence-electron chi connectivity index (χ0n) is 12.8. The van der Waals surface area contributed by atoms with Gasteiger partial charge in [0.05, 0.1) is 23.5 Å². The first-order chi connectivity index (χ1) is 11.2. The molecule has 1 saturated heterocycles. The zero-order valence-corrected chi connectivity index (χ0v) is 12.8. The second-order valence-electron chi connectivity index (χ2n) is 5.86. The van der Waals surface area contributed by atoms with Crippen LogP contribution in [-0.2, 0) is 11.2 Å². The monoisotopic (exact) mass is 311 g/mol. The number of nitrogens with zero attached hydrogens (tertiary/aromatic N) is 4. The molecule has 0 saturated carbocycles. The van der Waals surface area contributed by atoms with Crippen molar-refractivity contribution in [3.05, 3.63) is 41.5 Å². The molecular formula is C16H17N5O2. The Morgan fingerprint density at radius 2 is 2.26 bits per heavy atom. The highest BCUT2D eigenvalue weighted by Crippen LogP contribution is 2.31. The van der Waals surface area contributed by atoms with Gasteiger partial charge in [-0.15, -0.1) is 0 Å². The van der Waals surface area contributed by atoms with Gasteiger partial charge >= 0.3 is 0 Å². The molecule has 1 fully saturated rings. The molecule has 7 heteroatoms. The van der Waals surface area contributed by atoms with E-state index < -0.39 is 0 Å². The first-order valence-corrected chi connectivity index (χ1v) is 7.74. The van der Waals surface area contributed by atoms with E-state index in [2.05, 4.69) is 24.9 Å². The number of H-pyrrole nitrogens is 1. The smallest absolute Gasteiger partial charge is 0.229 e. The van der Waals surface area contributed by atoms with Crippen LogP contribution in [0.15, 0.2) is 28.9 Å². The van der Waals surface area contributed by atoms with E-state index in [1.807, 2.05) is 29.2 Å². The highest BCUT2D eigenvalue weighted by atomic mass is 16.6. The molecule has 7 nitrogen and oxygen atoms in total. The molecule has 0 radical (unpaired) electrons. The van der Waals surface area contributed by atoms with Gasteiger partial charge in [0, 0.05) is 6.54 Å². The minimum absolute atomic E-state index is 0.00457. The van der Waals surface area contributed by atoms with E-state index in [0.29, 0.717) is 11.4 Å². The van der Waals surface area contributed by atoms with E-state index >= 15 is 0 Å². The number of carbonyl (C=O) groups excluding carboxylic acids is 1. The van der Waals surface area contributed by atoms with Crippen LogP contribution in [0.2, 0.25) is 0 Å². The van der Waals surface area contributed by atoms with Gasteiger partial charge < -0.3 is 9.88 Å². The summed E-state index contributed by atoms with van der Waals surface area (Å²) in [7, 11) is 0. The minimum Gasteiger partial charge on any atom is -0.340 e. The molecule has 0 unspecified atom stereocenters. The summed E-state index contributed by atoms with van der Waals surface area (Å²) in [4.78, 5) is 22.5. The van der Waals surface area contributed by atoms with Crippen LogP contribution in [0.1, 0.15) is 36.1 Å². The lowest BCUT2D eigenvalue weighted by Crippen LogP contribution is -2.32. The van der Waals surface area contributed by atoms with Crippen LogP contribution in [0.5, 0.6) is 0 Å². The number of aryl methyl sites for hydroxylation is 1. The second-order valence-corrected chi connectivity index (χ2v) is 5.86. The standard InChI is InChI=1S/C16H17N5O2/c1-10-13(20-23-19-10)9-15(22)21-8-4-7-14(21)16-17-11-5-2-3-6-12(11)18-16/h2-3,5-6,14H,4,7-9H2,1H3,(H,17,18)/t14-/m0/s1. The third kappa shape index (κ3) is 2.48. The first-order valence-electron chi connectivity index (χ1n) is 7.74. The Labute approximate surface area is 132 Å². The SMILES string of the molecule is Cc1nonc1CC(=O)N1CCC[C@H]1c1nc2ccccc2[nH]1. The molecule has 0 spiro atoms. The van der Waals surface area contributed by atoms with Crippen molar-refractivity contribution < 1.29 is 9.42 Å². The van der Waals surface area contributed by atoms with Crippen LogP contribution in [0.3, 0.4) is 0 Å². The molecule has 1 aromatic carbocycles. The number of fused-ring (bicyclic) bond motifs is 1. The number of nitrogens with one attached hydrogen (secondary N) is 1. The zero-order chi connectivity index (χ0) is 15.8. The summed E-state index contributed by atoms with van der Waals surface area (Å²) in [6.45, 7) is 2.53. The fraction of sp³-hybridized carbons (Fsp3) is 0.375. The lowest BCUT2D eigenvalue weighted by atomic mass is 10.2. The fourth-order valence-electron chi connectivity index (χ4n) is 3.13. The summed E-state index contributed by atoms with van der Waals surface area (Å²) in [5, 5.41) is 7.53. The number of benzene rings is 1. The number of hydrogen-bond donors (Lipinski definition) is 1. The number of rotatable bonds is 3. The van der Waals surface area contributed by atoms with Crippen LogP contribution in [0, 0.1) is 6.92 Å². The van der Waals surface area contributed by atoms with Crippen molar-refractivity contribution in [3.63, 3.8) is 0 Å². The van der Waals surface area contributed by atoms with E-state index in [9.17, 15) is 4.79 Å². The molecule has 1 amide bonds. The van der Waals surface area contributed by atoms with Crippen molar-refractivity contribution in [2.24, 2.45) is 0 Å². The number of aromatic nitrogens is 4. The Hall–Kier alpha value is -2.70. The normalized spacial score (nSPS) is 18.0. The van der Waals surface area contributed by atoms with Gasteiger partial charge in [-0.05, 0) is 31.9 Å². The summed E-state index contributed by atoms with van der Waals surface area (Å²) in [6, 6.07) is 7.90. The van der Waals surface area contributed by atoms with Gasteiger partial charge in [-0.2, -0.15) is 0 Å². The molecule has 2 aromatic heterocycles. The summed E-state index contributed by atoms with van der Waals surface area (Å²) in [5.74, 6) is 0.888. The lowest BCUT2D eigenvalue weighted by molar-refractivity contribution is -0.131. The maximum atomic E-state index is 12.6. The van der Waals surface area contributed by atoms with E-state index in [-0.39, 0.29) is 18.4 Å². The van der Waals surface area contributed by atoms with E-state index in [1.165, 1.54) is 0 Å². The van der Waals surface area contributed by atoms with E-state index in [4.69, 9.17) is 0 Å². The largest absolute Gasteiger partial charge is 0.340 e. The molecule has 1 aliphatic heterocycles. The van der Waals surface area contributed by atoms with Crippen LogP contribution in [0.4, 0.5) is 0 Å². The topological polar surface area (TPSA) is 87.9 Å². The molecule has 118 valence electrons. The molecule has 3 aromatic rings. The number of para-hydroxylation sites is 2. The molecule has 1 aliphatic rings. The second kappa shape index (κ2) is 5.49. The Kier molecular flexibility index (Phi) is 3.33. The number of amides is 1. The summed E-state index contributed by atoms with van der Waals surface area (Å²) < 4.78 is 4.67.